The first-order valence-corrected chi connectivity index (χ1v) is 19.4. The van der Waals surface area contributed by atoms with Gasteiger partial charge in [0.05, 0.1) is 18.5 Å². The number of aromatic nitrogens is 2. The lowest BCUT2D eigenvalue weighted by atomic mass is 9.80. The van der Waals surface area contributed by atoms with E-state index < -0.39 is 35.4 Å². The maximum atomic E-state index is 14.3. The van der Waals surface area contributed by atoms with Crippen molar-refractivity contribution in [1.29, 1.82) is 0 Å². The summed E-state index contributed by atoms with van der Waals surface area (Å²) in [7, 11) is 0. The number of carbonyl (C=O) groups excluding carboxylic acids is 4. The molecule has 10 heteroatoms. The molecule has 1 aromatic carbocycles. The molecule has 3 amide bonds. The van der Waals surface area contributed by atoms with Crippen LogP contribution in [0.4, 0.5) is 0 Å². The van der Waals surface area contributed by atoms with Gasteiger partial charge in [0, 0.05) is 49.0 Å². The Bertz CT molecular complexity index is 1330. The highest BCUT2D eigenvalue weighted by molar-refractivity contribution is 5.92. The number of benzene rings is 1. The van der Waals surface area contributed by atoms with E-state index in [9.17, 15) is 24.3 Å². The molecule has 0 aliphatic heterocycles. The van der Waals surface area contributed by atoms with Gasteiger partial charge in [-0.25, -0.2) is 4.98 Å². The van der Waals surface area contributed by atoms with Crippen LogP contribution in [0.25, 0.3) is 0 Å². The molecule has 10 nitrogen and oxygen atoms in total. The van der Waals surface area contributed by atoms with Crippen LogP contribution in [0, 0.1) is 29.1 Å². The number of carbonyl (C=O) groups is 4. The molecule has 1 aliphatic rings. The summed E-state index contributed by atoms with van der Waals surface area (Å²) in [6.45, 7) is 12.4. The Hall–Kier alpha value is -3.53. The lowest BCUT2D eigenvalue weighted by molar-refractivity contribution is -0.135. The second-order valence-electron chi connectivity index (χ2n) is 16.2. The first-order valence-electron chi connectivity index (χ1n) is 19.4. The molecule has 0 saturated heterocycles. The largest absolute Gasteiger partial charge is 0.391 e. The van der Waals surface area contributed by atoms with Gasteiger partial charge in [-0.1, -0.05) is 110 Å². The molecule has 1 aliphatic carbocycles. The van der Waals surface area contributed by atoms with Crippen molar-refractivity contribution < 1.29 is 24.3 Å². The molecule has 1 fully saturated rings. The van der Waals surface area contributed by atoms with Crippen LogP contribution in [0.1, 0.15) is 123 Å². The van der Waals surface area contributed by atoms with Crippen LogP contribution in [0.5, 0.6) is 0 Å². The van der Waals surface area contributed by atoms with Crippen LogP contribution in [0.3, 0.4) is 0 Å². The molecule has 284 valence electrons. The minimum Gasteiger partial charge on any atom is -0.391 e. The zero-order valence-corrected chi connectivity index (χ0v) is 32.0. The Morgan fingerprint density at radius 1 is 0.961 bits per heavy atom. The number of aromatic amines is 1. The number of imidazole rings is 1. The Kier molecular flexibility index (Phi) is 17.3. The second-order valence-corrected chi connectivity index (χ2v) is 16.2. The van der Waals surface area contributed by atoms with Crippen molar-refractivity contribution in [2.45, 2.75) is 143 Å². The van der Waals surface area contributed by atoms with Crippen LogP contribution in [-0.4, -0.2) is 63.3 Å². The highest BCUT2D eigenvalue weighted by Crippen LogP contribution is 2.30. The zero-order valence-electron chi connectivity index (χ0n) is 32.0. The predicted octanol–water partition coefficient (Wildman–Crippen LogP) is 6.09. The number of H-pyrrole nitrogens is 1. The number of rotatable bonds is 21. The number of nitrogens with zero attached hydrogens (tertiary/aromatic N) is 1. The molecule has 51 heavy (non-hydrogen) atoms. The number of aliphatic hydroxyl groups excluding tert-OH is 1. The number of nitrogens with one attached hydrogen (secondary N) is 4. The zero-order chi connectivity index (χ0) is 37.4. The average molecular weight is 708 g/mol. The van der Waals surface area contributed by atoms with E-state index in [1.165, 1.54) is 12.7 Å². The summed E-state index contributed by atoms with van der Waals surface area (Å²) in [5, 5.41) is 21.0. The smallest absolute Gasteiger partial charge is 0.243 e. The molecule has 0 bridgehead atoms. The van der Waals surface area contributed by atoms with Gasteiger partial charge in [0.15, 0.2) is 0 Å². The van der Waals surface area contributed by atoms with Crippen LogP contribution >= 0.6 is 0 Å². The normalized spacial score (nSPS) is 16.9. The van der Waals surface area contributed by atoms with Gasteiger partial charge in [0.25, 0.3) is 0 Å². The number of unbranched alkanes of at least 4 members (excludes halogenated alkanes) is 1. The van der Waals surface area contributed by atoms with E-state index in [1.54, 1.807) is 6.20 Å². The highest BCUT2D eigenvalue weighted by Gasteiger charge is 2.34. The van der Waals surface area contributed by atoms with Crippen molar-refractivity contribution in [3.05, 3.63) is 54.1 Å². The fourth-order valence-electron chi connectivity index (χ4n) is 6.96. The van der Waals surface area contributed by atoms with Crippen LogP contribution in [-0.2, 0) is 32.0 Å². The Morgan fingerprint density at radius 3 is 2.27 bits per heavy atom. The van der Waals surface area contributed by atoms with E-state index in [0.717, 1.165) is 44.1 Å². The van der Waals surface area contributed by atoms with Crippen LogP contribution in [0.15, 0.2) is 42.9 Å². The van der Waals surface area contributed by atoms with Crippen molar-refractivity contribution in [2.75, 3.05) is 6.54 Å². The Labute approximate surface area is 306 Å². The topological polar surface area (TPSA) is 153 Å². The molecule has 1 heterocycles. The van der Waals surface area contributed by atoms with Gasteiger partial charge in [0.2, 0.25) is 17.7 Å². The van der Waals surface area contributed by atoms with E-state index >= 15 is 0 Å². The number of aliphatic hydroxyl groups is 1. The third kappa shape index (κ3) is 14.9. The monoisotopic (exact) mass is 707 g/mol. The van der Waals surface area contributed by atoms with Crippen molar-refractivity contribution in [2.24, 2.45) is 29.1 Å². The van der Waals surface area contributed by atoms with Gasteiger partial charge in [-0.2, -0.15) is 0 Å². The maximum Gasteiger partial charge on any atom is 0.243 e. The molecule has 2 aromatic rings. The van der Waals surface area contributed by atoms with Crippen molar-refractivity contribution in [3.8, 4) is 0 Å². The Morgan fingerprint density at radius 2 is 1.67 bits per heavy atom. The first-order chi connectivity index (χ1) is 24.3. The van der Waals surface area contributed by atoms with Gasteiger partial charge >= 0.3 is 0 Å². The predicted molar refractivity (Wildman–Crippen MR) is 202 cm³/mol. The quantitative estimate of drug-likeness (QED) is 0.0991. The maximum absolute atomic E-state index is 14.3. The van der Waals surface area contributed by atoms with E-state index in [0.29, 0.717) is 43.8 Å². The summed E-state index contributed by atoms with van der Waals surface area (Å²) >= 11 is 0. The van der Waals surface area contributed by atoms with Crippen molar-refractivity contribution in [3.63, 3.8) is 0 Å². The standard InChI is InChI=1S/C41H65N5O5/c1-7-8-19-43-38(49)24-31(28(2)3)22-36(47)34(21-30-17-13-10-14-18-30)45-40(51)35(25-33-26-42-27-44-33)46-39(50)32(23-37(48)41(4,5)6)20-29-15-11-9-12-16-29/h9,11-12,15-16,26-28,30-32,34-36,47H,7-8,10,13-14,17-25H2,1-6H3,(H,42,44)(H,43,49)(H,45,51)(H,46,50)/t31-,32-,34+,35+,36+/m1/s1. The molecule has 5 N–H and O–H groups in total. The van der Waals surface area contributed by atoms with E-state index in [2.05, 4.69) is 46.7 Å². The second kappa shape index (κ2) is 21.1. The summed E-state index contributed by atoms with van der Waals surface area (Å²) in [5.74, 6) is -1.00. The summed E-state index contributed by atoms with van der Waals surface area (Å²) in [5.41, 5.74) is 0.997. The lowest BCUT2D eigenvalue weighted by Crippen LogP contribution is -2.55. The third-order valence-corrected chi connectivity index (χ3v) is 10.5. The molecule has 0 radical (unpaired) electrons. The molecular formula is C41H65N5O5. The number of hydrogen-bond donors (Lipinski definition) is 5. The fourth-order valence-corrected chi connectivity index (χ4v) is 6.96. The lowest BCUT2D eigenvalue weighted by Gasteiger charge is -2.33. The number of amides is 3. The average Bonchev–Trinajstić information content (AvgIpc) is 3.60. The minimum absolute atomic E-state index is 0.0143. The summed E-state index contributed by atoms with van der Waals surface area (Å²) in [6.07, 6.45) is 11.7. The molecule has 0 spiro atoms. The van der Waals surface area contributed by atoms with E-state index in [1.807, 2.05) is 51.1 Å². The van der Waals surface area contributed by atoms with Crippen LogP contribution in [0.2, 0.25) is 0 Å². The van der Waals surface area contributed by atoms with Crippen LogP contribution < -0.4 is 16.0 Å². The number of ketones is 1. The SMILES string of the molecule is CCCCNC(=O)C[C@@H](C[C@H](O)[C@H](CC1CCCCC1)NC(=O)[C@H](Cc1cnc[nH]1)NC(=O)[C@@H](CC(=O)C(C)(C)C)Cc1ccccc1)C(C)C. The molecule has 1 aromatic heterocycles. The summed E-state index contributed by atoms with van der Waals surface area (Å²) in [4.78, 5) is 61.5. The minimum atomic E-state index is -0.966. The molecule has 1 saturated carbocycles. The van der Waals surface area contributed by atoms with Gasteiger partial charge in [-0.3, -0.25) is 19.2 Å². The van der Waals surface area contributed by atoms with Gasteiger partial charge in [-0.15, -0.1) is 0 Å². The van der Waals surface area contributed by atoms with Gasteiger partial charge < -0.3 is 26.0 Å². The summed E-state index contributed by atoms with van der Waals surface area (Å²) < 4.78 is 0. The third-order valence-electron chi connectivity index (χ3n) is 10.5. The highest BCUT2D eigenvalue weighted by atomic mass is 16.3. The van der Waals surface area contributed by atoms with Gasteiger partial charge in [0.1, 0.15) is 11.8 Å². The molecular weight excluding hydrogens is 642 g/mol. The molecule has 3 rings (SSSR count). The van der Waals surface area contributed by atoms with E-state index in [4.69, 9.17) is 0 Å². The first kappa shape index (κ1) is 41.9. The molecule has 0 unspecified atom stereocenters. The van der Waals surface area contributed by atoms with Crippen molar-refractivity contribution in [1.82, 2.24) is 25.9 Å². The van der Waals surface area contributed by atoms with E-state index in [-0.39, 0.29) is 42.3 Å². The van der Waals surface area contributed by atoms with Gasteiger partial charge in [-0.05, 0) is 49.0 Å². The number of Topliss-reactive ketones (excluding diaryl/α,β-unsaturated/α-hetero) is 1. The van der Waals surface area contributed by atoms with Crippen molar-refractivity contribution >= 4 is 23.5 Å². The summed E-state index contributed by atoms with van der Waals surface area (Å²) in [6, 6.07) is 8.09. The molecule has 5 atom stereocenters. The Balaban J connectivity index is 1.84. The fraction of sp³-hybridized carbons (Fsp3) is 0.683. The number of hydrogen-bond acceptors (Lipinski definition) is 6.